The number of anilines is 1. The summed E-state index contributed by atoms with van der Waals surface area (Å²) in [6, 6.07) is 8.24. The number of ketones is 1. The smallest absolute Gasteiger partial charge is 0.262 e. The van der Waals surface area contributed by atoms with Crippen LogP contribution in [0.4, 0.5) is 5.69 Å². The van der Waals surface area contributed by atoms with Crippen molar-refractivity contribution in [2.24, 2.45) is 11.5 Å². The van der Waals surface area contributed by atoms with Crippen LogP contribution in [0.15, 0.2) is 30.3 Å². The van der Waals surface area contributed by atoms with Crippen molar-refractivity contribution in [3.63, 3.8) is 0 Å². The molecule has 2 aromatic carbocycles. The van der Waals surface area contributed by atoms with Gasteiger partial charge in [-0.15, -0.1) is 11.3 Å². The number of piperidine rings is 1. The van der Waals surface area contributed by atoms with E-state index >= 15 is 0 Å². The highest BCUT2D eigenvalue weighted by molar-refractivity contribution is 7.21. The molecule has 6 rings (SSSR count). The number of nitrogen functional groups attached to an aromatic ring is 1. The van der Waals surface area contributed by atoms with Gasteiger partial charge in [0.05, 0.1) is 21.7 Å². The van der Waals surface area contributed by atoms with Crippen molar-refractivity contribution in [2.45, 2.75) is 62.8 Å². The third-order valence-corrected chi connectivity index (χ3v) is 9.38. The molecule has 1 amide bonds. The maximum atomic E-state index is 14.0. The molecule has 1 saturated carbocycles. The van der Waals surface area contributed by atoms with Crippen LogP contribution in [0, 0.1) is 6.92 Å². The number of nitrogens with one attached hydrogen (secondary N) is 2. The lowest BCUT2D eigenvalue weighted by Crippen LogP contribution is -2.53. The van der Waals surface area contributed by atoms with Gasteiger partial charge >= 0.3 is 0 Å². The highest BCUT2D eigenvalue weighted by Gasteiger charge is 2.49. The van der Waals surface area contributed by atoms with E-state index in [1.165, 1.54) is 17.8 Å². The van der Waals surface area contributed by atoms with E-state index in [4.69, 9.17) is 21.9 Å². The summed E-state index contributed by atoms with van der Waals surface area (Å²) < 4.78 is 6.80. The number of Topliss-reactive ketones (excluding diaryl/α,β-unsaturated/α-hetero) is 1. The van der Waals surface area contributed by atoms with Crippen molar-refractivity contribution in [1.82, 2.24) is 10.6 Å². The van der Waals surface area contributed by atoms with E-state index in [-0.39, 0.29) is 23.8 Å². The van der Waals surface area contributed by atoms with Gasteiger partial charge in [0.25, 0.3) is 5.91 Å². The van der Waals surface area contributed by atoms with Crippen LogP contribution in [0.2, 0.25) is 0 Å². The Balaban J connectivity index is 1.45. The Labute approximate surface area is 219 Å². The number of thiophene rings is 1. The van der Waals surface area contributed by atoms with Gasteiger partial charge in [-0.2, -0.15) is 0 Å². The van der Waals surface area contributed by atoms with E-state index in [9.17, 15) is 9.59 Å². The first-order chi connectivity index (χ1) is 17.8. The Morgan fingerprint density at radius 2 is 1.95 bits per heavy atom. The van der Waals surface area contributed by atoms with Gasteiger partial charge in [-0.3, -0.25) is 9.59 Å². The summed E-state index contributed by atoms with van der Waals surface area (Å²) in [5, 5.41) is 7.15. The van der Waals surface area contributed by atoms with E-state index in [0.29, 0.717) is 27.3 Å². The first-order valence-electron chi connectivity index (χ1n) is 13.0. The first kappa shape index (κ1) is 24.4. The molecule has 1 aliphatic heterocycles. The topological polar surface area (TPSA) is 145 Å². The van der Waals surface area contributed by atoms with E-state index in [0.717, 1.165) is 60.2 Å². The van der Waals surface area contributed by atoms with Crippen LogP contribution in [0.25, 0.3) is 10.1 Å². The zero-order valence-corrected chi connectivity index (χ0v) is 21.8. The molecule has 3 aliphatic rings. The van der Waals surface area contributed by atoms with Crippen molar-refractivity contribution in [1.29, 1.82) is 0 Å². The van der Waals surface area contributed by atoms with Gasteiger partial charge in [-0.05, 0) is 80.5 Å². The van der Waals surface area contributed by atoms with Crippen molar-refractivity contribution >= 4 is 38.8 Å². The minimum Gasteiger partial charge on any atom is -0.490 e. The number of ether oxygens (including phenoxy) is 1. The molecule has 3 atom stereocenters. The van der Waals surface area contributed by atoms with Crippen LogP contribution in [0.1, 0.15) is 70.1 Å². The number of amides is 1. The van der Waals surface area contributed by atoms with Crippen LogP contribution in [0.5, 0.6) is 5.75 Å². The lowest BCUT2D eigenvalue weighted by molar-refractivity contribution is -0.124. The number of carbonyl (C=O) groups excluding carboxylic acids is 2. The number of benzene rings is 2. The zero-order chi connectivity index (χ0) is 25.9. The summed E-state index contributed by atoms with van der Waals surface area (Å²) in [6.45, 7) is 3.60. The Morgan fingerprint density at radius 1 is 1.16 bits per heavy atom. The normalized spacial score (nSPS) is 25.6. The lowest BCUT2D eigenvalue weighted by atomic mass is 9.69. The quantitative estimate of drug-likeness (QED) is 0.326. The maximum absolute atomic E-state index is 14.0. The fourth-order valence-corrected chi connectivity index (χ4v) is 7.09. The second kappa shape index (κ2) is 9.09. The van der Waals surface area contributed by atoms with E-state index in [1.54, 1.807) is 6.07 Å². The summed E-state index contributed by atoms with van der Waals surface area (Å²) in [5.74, 6) is 0.210. The second-order valence-electron chi connectivity index (χ2n) is 10.6. The average Bonchev–Trinajstić information content (AvgIpc) is 3.27. The Kier molecular flexibility index (Phi) is 5.99. The molecule has 0 radical (unpaired) electrons. The number of aryl methyl sites for hydroxylation is 1. The molecule has 0 spiro atoms. The summed E-state index contributed by atoms with van der Waals surface area (Å²) in [5.41, 5.74) is 21.8. The number of hydrogen-bond donors (Lipinski definition) is 5. The molecule has 8 N–H and O–H groups in total. The summed E-state index contributed by atoms with van der Waals surface area (Å²) in [7, 11) is 0. The highest BCUT2D eigenvalue weighted by atomic mass is 32.1. The van der Waals surface area contributed by atoms with Gasteiger partial charge in [0.1, 0.15) is 11.3 Å². The molecule has 8 nitrogen and oxygen atoms in total. The fourth-order valence-electron chi connectivity index (χ4n) is 5.89. The van der Waals surface area contributed by atoms with Gasteiger partial charge < -0.3 is 32.6 Å². The molecular formula is C28H33N5O3S. The SMILES string of the molecule is Cc1cc(OC2CCC2)ccc1C1(N)C(=O)C(N)c2c(C(=O)NC3CCCNC3)sc3c(N)ccc1c23. The van der Waals surface area contributed by atoms with E-state index in [1.807, 2.05) is 31.2 Å². The van der Waals surface area contributed by atoms with Crippen LogP contribution >= 0.6 is 11.3 Å². The average molecular weight is 520 g/mol. The molecule has 0 bridgehead atoms. The Hall–Kier alpha value is -2.98. The van der Waals surface area contributed by atoms with Crippen LogP contribution in [0.3, 0.4) is 0 Å². The summed E-state index contributed by atoms with van der Waals surface area (Å²) in [4.78, 5) is 27.9. The molecule has 3 unspecified atom stereocenters. The molecule has 2 heterocycles. The van der Waals surface area contributed by atoms with Crippen molar-refractivity contribution in [3.8, 4) is 5.75 Å². The molecule has 2 fully saturated rings. The maximum Gasteiger partial charge on any atom is 0.262 e. The first-order valence-corrected chi connectivity index (χ1v) is 13.8. The number of carbonyl (C=O) groups is 2. The molecule has 9 heteroatoms. The fraction of sp³-hybridized carbons (Fsp3) is 0.429. The van der Waals surface area contributed by atoms with Crippen molar-refractivity contribution in [2.75, 3.05) is 18.8 Å². The largest absolute Gasteiger partial charge is 0.490 e. The molecule has 37 heavy (non-hydrogen) atoms. The van der Waals surface area contributed by atoms with Gasteiger partial charge in [0.15, 0.2) is 5.78 Å². The summed E-state index contributed by atoms with van der Waals surface area (Å²) in [6.07, 6.45) is 5.47. The molecule has 194 valence electrons. The minimum absolute atomic E-state index is 0.0305. The molecule has 1 saturated heterocycles. The highest BCUT2D eigenvalue weighted by Crippen LogP contribution is 2.50. The third-order valence-electron chi connectivity index (χ3n) is 8.13. The van der Waals surface area contributed by atoms with Gasteiger partial charge in [0, 0.05) is 29.2 Å². The molecular weight excluding hydrogens is 486 g/mol. The van der Waals surface area contributed by atoms with Gasteiger partial charge in [-0.25, -0.2) is 0 Å². The van der Waals surface area contributed by atoms with Crippen LogP contribution < -0.4 is 32.6 Å². The van der Waals surface area contributed by atoms with Gasteiger partial charge in [-0.1, -0.05) is 12.1 Å². The molecule has 1 aromatic heterocycles. The molecule has 2 aliphatic carbocycles. The van der Waals surface area contributed by atoms with Crippen molar-refractivity contribution < 1.29 is 14.3 Å². The number of rotatable bonds is 5. The Morgan fingerprint density at radius 3 is 2.62 bits per heavy atom. The Bertz CT molecular complexity index is 1410. The standard InChI is InChI=1S/C28H33N5O3S/c1-14-12-17(36-16-5-2-6-16)7-8-18(14)28(31)19-9-10-20(29)24-21(19)22(23(30)26(28)34)25(37-24)27(35)33-15-4-3-11-32-13-15/h7-10,12,15-16,23,32H,2-6,11,13,29-31H2,1H3,(H,33,35). The second-order valence-corrected chi connectivity index (χ2v) is 11.6. The third kappa shape index (κ3) is 3.84. The predicted molar refractivity (Wildman–Crippen MR) is 146 cm³/mol. The van der Waals surface area contributed by atoms with Crippen LogP contribution in [-0.4, -0.2) is 36.9 Å². The van der Waals surface area contributed by atoms with Crippen molar-refractivity contribution in [3.05, 3.63) is 57.5 Å². The minimum atomic E-state index is -1.47. The van der Waals surface area contributed by atoms with E-state index in [2.05, 4.69) is 10.6 Å². The zero-order valence-electron chi connectivity index (χ0n) is 20.9. The lowest BCUT2D eigenvalue weighted by Gasteiger charge is -2.37. The van der Waals surface area contributed by atoms with E-state index < -0.39 is 11.6 Å². The number of nitrogens with two attached hydrogens (primary N) is 3. The predicted octanol–water partition coefficient (Wildman–Crippen LogP) is 2.99. The van der Waals surface area contributed by atoms with Gasteiger partial charge in [0.2, 0.25) is 0 Å². The molecule has 3 aromatic rings. The van der Waals surface area contributed by atoms with Crippen LogP contribution in [-0.2, 0) is 10.3 Å². The summed E-state index contributed by atoms with van der Waals surface area (Å²) >= 11 is 1.28. The monoisotopic (exact) mass is 519 g/mol. The number of hydrogen-bond acceptors (Lipinski definition) is 8.